The molecule has 140 valence electrons. The molecule has 2 aromatic rings. The van der Waals surface area contributed by atoms with Gasteiger partial charge in [-0.05, 0) is 64.5 Å². The summed E-state index contributed by atoms with van der Waals surface area (Å²) in [6.07, 6.45) is 6.13. The second-order valence-corrected chi connectivity index (χ2v) is 7.69. The van der Waals surface area contributed by atoms with Gasteiger partial charge in [0.15, 0.2) is 0 Å². The molecule has 0 N–H and O–H groups in total. The number of aromatic nitrogens is 2. The number of amides is 1. The molecule has 1 aliphatic heterocycles. The summed E-state index contributed by atoms with van der Waals surface area (Å²) >= 11 is 0. The van der Waals surface area contributed by atoms with Crippen LogP contribution in [-0.4, -0.2) is 33.2 Å². The summed E-state index contributed by atoms with van der Waals surface area (Å²) in [7, 11) is 0. The number of piperidine rings is 1. The van der Waals surface area contributed by atoms with E-state index in [2.05, 4.69) is 60.2 Å². The Labute approximate surface area is 157 Å². The van der Waals surface area contributed by atoms with Gasteiger partial charge in [0.05, 0.1) is 11.7 Å². The van der Waals surface area contributed by atoms with Gasteiger partial charge in [0.1, 0.15) is 0 Å². The Kier molecular flexibility index (Phi) is 6.12. The fourth-order valence-corrected chi connectivity index (χ4v) is 4.16. The van der Waals surface area contributed by atoms with Crippen LogP contribution in [0.1, 0.15) is 62.0 Å². The summed E-state index contributed by atoms with van der Waals surface area (Å²) < 4.78 is 2.00. The molecule has 0 unspecified atom stereocenters. The number of rotatable bonds is 6. The molecule has 2 heterocycles. The summed E-state index contributed by atoms with van der Waals surface area (Å²) in [6.45, 7) is 7.06. The van der Waals surface area contributed by atoms with Crippen LogP contribution in [0.15, 0.2) is 36.4 Å². The lowest BCUT2D eigenvalue weighted by Crippen LogP contribution is -2.44. The predicted octanol–water partition coefficient (Wildman–Crippen LogP) is 4.46. The van der Waals surface area contributed by atoms with Gasteiger partial charge in [-0.1, -0.05) is 30.3 Å². The van der Waals surface area contributed by atoms with E-state index in [1.54, 1.807) is 0 Å². The topological polar surface area (TPSA) is 38.1 Å². The smallest absolute Gasteiger partial charge is 0.224 e. The van der Waals surface area contributed by atoms with Crippen molar-refractivity contribution in [2.45, 2.75) is 71.4 Å². The molecule has 26 heavy (non-hydrogen) atoms. The molecule has 1 fully saturated rings. The van der Waals surface area contributed by atoms with Crippen molar-refractivity contribution in [3.8, 4) is 0 Å². The molecule has 4 nitrogen and oxygen atoms in total. The van der Waals surface area contributed by atoms with E-state index in [0.717, 1.165) is 43.6 Å². The molecule has 0 saturated carbocycles. The third-order valence-electron chi connectivity index (χ3n) is 5.49. The van der Waals surface area contributed by atoms with Gasteiger partial charge in [-0.25, -0.2) is 0 Å². The van der Waals surface area contributed by atoms with Crippen molar-refractivity contribution in [3.05, 3.63) is 53.3 Å². The number of carbonyl (C=O) groups excluding carboxylic acids is 1. The van der Waals surface area contributed by atoms with Gasteiger partial charge in [-0.3, -0.25) is 9.48 Å². The highest BCUT2D eigenvalue weighted by atomic mass is 16.2. The van der Waals surface area contributed by atoms with Crippen LogP contribution in [0, 0.1) is 13.8 Å². The van der Waals surface area contributed by atoms with Crippen molar-refractivity contribution in [3.63, 3.8) is 0 Å². The van der Waals surface area contributed by atoms with Crippen LogP contribution in [0.3, 0.4) is 0 Å². The van der Waals surface area contributed by atoms with E-state index in [-0.39, 0.29) is 11.9 Å². The molecule has 0 bridgehead atoms. The molecular weight excluding hydrogens is 322 g/mol. The SMILES string of the molecule is Cc1cc(C)n([C@H](C)CC(=O)N2CCCC[C@H]2CCc2ccccc2)n1. The Morgan fingerprint density at radius 1 is 1.23 bits per heavy atom. The number of aryl methyl sites for hydroxylation is 3. The number of benzene rings is 1. The van der Waals surface area contributed by atoms with Crippen molar-refractivity contribution in [1.82, 2.24) is 14.7 Å². The average Bonchev–Trinajstić information content (AvgIpc) is 2.99. The first-order chi connectivity index (χ1) is 12.5. The minimum atomic E-state index is 0.105. The first-order valence-corrected chi connectivity index (χ1v) is 9.90. The number of hydrogen-bond donors (Lipinski definition) is 0. The minimum absolute atomic E-state index is 0.105. The summed E-state index contributed by atoms with van der Waals surface area (Å²) in [5.74, 6) is 0.280. The largest absolute Gasteiger partial charge is 0.340 e. The summed E-state index contributed by atoms with van der Waals surface area (Å²) in [4.78, 5) is 15.2. The second-order valence-electron chi connectivity index (χ2n) is 7.69. The van der Waals surface area contributed by atoms with Gasteiger partial charge in [0.2, 0.25) is 5.91 Å². The van der Waals surface area contributed by atoms with Crippen molar-refractivity contribution in [2.75, 3.05) is 6.54 Å². The third kappa shape index (κ3) is 4.54. The standard InChI is InChI=1S/C22H31N3O/c1-17-15-18(2)25(23-17)19(3)16-22(26)24-14-8-7-11-21(24)13-12-20-9-5-4-6-10-20/h4-6,9-10,15,19,21H,7-8,11-14,16H2,1-3H3/t19-,21+/m1/s1. The molecular formula is C22H31N3O. The van der Waals surface area contributed by atoms with E-state index < -0.39 is 0 Å². The van der Waals surface area contributed by atoms with Gasteiger partial charge < -0.3 is 4.90 Å². The monoisotopic (exact) mass is 353 g/mol. The quantitative estimate of drug-likeness (QED) is 0.769. The molecule has 4 heteroatoms. The van der Waals surface area contributed by atoms with Crippen molar-refractivity contribution in [1.29, 1.82) is 0 Å². The Morgan fingerprint density at radius 2 is 2.00 bits per heavy atom. The lowest BCUT2D eigenvalue weighted by Gasteiger charge is -2.36. The predicted molar refractivity (Wildman–Crippen MR) is 105 cm³/mol. The average molecular weight is 354 g/mol. The number of hydrogen-bond acceptors (Lipinski definition) is 2. The molecule has 0 radical (unpaired) electrons. The number of carbonyl (C=O) groups is 1. The Hall–Kier alpha value is -2.10. The Bertz CT molecular complexity index is 722. The van der Waals surface area contributed by atoms with Gasteiger partial charge in [0.25, 0.3) is 0 Å². The fraction of sp³-hybridized carbons (Fsp3) is 0.545. The minimum Gasteiger partial charge on any atom is -0.340 e. The number of nitrogens with zero attached hydrogens (tertiary/aromatic N) is 3. The summed E-state index contributed by atoms with van der Waals surface area (Å²) in [5, 5.41) is 4.55. The molecule has 1 amide bonds. The van der Waals surface area contributed by atoms with Crippen molar-refractivity contribution < 1.29 is 4.79 Å². The zero-order valence-electron chi connectivity index (χ0n) is 16.3. The van der Waals surface area contributed by atoms with Crippen LogP contribution in [0.2, 0.25) is 0 Å². The maximum absolute atomic E-state index is 13.0. The van der Waals surface area contributed by atoms with Crippen molar-refractivity contribution >= 4 is 5.91 Å². The maximum atomic E-state index is 13.0. The zero-order valence-corrected chi connectivity index (χ0v) is 16.3. The fourth-order valence-electron chi connectivity index (χ4n) is 4.16. The van der Waals surface area contributed by atoms with Gasteiger partial charge in [-0.15, -0.1) is 0 Å². The van der Waals surface area contributed by atoms with Crippen LogP contribution in [0.25, 0.3) is 0 Å². The lowest BCUT2D eigenvalue weighted by molar-refractivity contribution is -0.135. The van der Waals surface area contributed by atoms with Gasteiger partial charge >= 0.3 is 0 Å². The Morgan fingerprint density at radius 3 is 2.69 bits per heavy atom. The van der Waals surface area contributed by atoms with E-state index in [9.17, 15) is 4.79 Å². The summed E-state index contributed by atoms with van der Waals surface area (Å²) in [6, 6.07) is 13.2. The van der Waals surface area contributed by atoms with Crippen LogP contribution in [0.4, 0.5) is 0 Å². The van der Waals surface area contributed by atoms with Gasteiger partial charge in [0, 0.05) is 24.7 Å². The lowest BCUT2D eigenvalue weighted by atomic mass is 9.95. The van der Waals surface area contributed by atoms with E-state index in [0.29, 0.717) is 12.5 Å². The number of likely N-dealkylation sites (tertiary alicyclic amines) is 1. The molecule has 0 aliphatic carbocycles. The van der Waals surface area contributed by atoms with Crippen molar-refractivity contribution in [2.24, 2.45) is 0 Å². The highest BCUT2D eigenvalue weighted by molar-refractivity contribution is 5.77. The van der Waals surface area contributed by atoms with Crippen LogP contribution in [-0.2, 0) is 11.2 Å². The Balaban J connectivity index is 1.61. The third-order valence-corrected chi connectivity index (χ3v) is 5.49. The van der Waals surface area contributed by atoms with E-state index >= 15 is 0 Å². The zero-order chi connectivity index (χ0) is 18.5. The van der Waals surface area contributed by atoms with Crippen LogP contribution < -0.4 is 0 Å². The molecule has 2 atom stereocenters. The molecule has 1 saturated heterocycles. The first kappa shape index (κ1) is 18.7. The van der Waals surface area contributed by atoms with Crippen LogP contribution in [0.5, 0.6) is 0 Å². The van der Waals surface area contributed by atoms with Gasteiger partial charge in [-0.2, -0.15) is 5.10 Å². The summed E-state index contributed by atoms with van der Waals surface area (Å²) in [5.41, 5.74) is 3.50. The van der Waals surface area contributed by atoms with E-state index in [1.807, 2.05) is 11.6 Å². The molecule has 0 spiro atoms. The highest BCUT2D eigenvalue weighted by Crippen LogP contribution is 2.24. The maximum Gasteiger partial charge on any atom is 0.224 e. The normalized spacial score (nSPS) is 18.7. The molecule has 1 aromatic carbocycles. The highest BCUT2D eigenvalue weighted by Gasteiger charge is 2.27. The molecule has 1 aromatic heterocycles. The molecule has 3 rings (SSSR count). The molecule has 1 aliphatic rings. The van der Waals surface area contributed by atoms with Crippen LogP contribution >= 0.6 is 0 Å². The second kappa shape index (κ2) is 8.52. The van der Waals surface area contributed by atoms with E-state index in [4.69, 9.17) is 0 Å². The first-order valence-electron chi connectivity index (χ1n) is 9.90. The van der Waals surface area contributed by atoms with E-state index in [1.165, 1.54) is 12.0 Å².